The van der Waals surface area contributed by atoms with Gasteiger partial charge in [0.25, 0.3) is 11.6 Å². The average Bonchev–Trinajstić information content (AvgIpc) is 2.81. The van der Waals surface area contributed by atoms with Crippen LogP contribution in [0.2, 0.25) is 0 Å². The van der Waals surface area contributed by atoms with Crippen LogP contribution < -0.4 is 10.1 Å². The van der Waals surface area contributed by atoms with Gasteiger partial charge in [0.2, 0.25) is 0 Å². The topological polar surface area (TPSA) is 105 Å². The van der Waals surface area contributed by atoms with E-state index in [1.165, 1.54) is 18.2 Å². The number of rotatable bonds is 8. The van der Waals surface area contributed by atoms with Gasteiger partial charge in [-0.25, -0.2) is 0 Å². The summed E-state index contributed by atoms with van der Waals surface area (Å²) >= 11 is 5.59. The number of amides is 1. The average molecular weight is 618 g/mol. The van der Waals surface area contributed by atoms with Crippen molar-refractivity contribution in [3.63, 3.8) is 0 Å². The van der Waals surface area contributed by atoms with E-state index < -0.39 is 10.8 Å². The maximum atomic E-state index is 12.4. The number of carbonyl (C=O) groups excluding carboxylic acids is 1. The third-order valence-corrected chi connectivity index (χ3v) is 5.91. The minimum absolute atomic E-state index is 0.00632. The van der Waals surface area contributed by atoms with E-state index in [1.807, 2.05) is 36.4 Å². The van der Waals surface area contributed by atoms with Gasteiger partial charge in [-0.3, -0.25) is 14.9 Å². The third kappa shape index (κ3) is 6.87. The number of nitrogens with zero attached hydrogens (tertiary/aromatic N) is 2. The molecule has 1 amide bonds. The largest absolute Gasteiger partial charge is 0.487 e. The van der Waals surface area contributed by atoms with Crippen molar-refractivity contribution in [1.29, 1.82) is 5.26 Å². The summed E-state index contributed by atoms with van der Waals surface area (Å²) in [6, 6.07) is 21.1. The first-order valence-corrected chi connectivity index (χ1v) is 11.5. The van der Waals surface area contributed by atoms with Gasteiger partial charge in [0.05, 0.1) is 13.0 Å². The standard InChI is InChI=1S/C24H17BrIN3O4/c25-21-11-18(10-19(13-27)24(30)28-14-16-4-2-1-3-5-16)12-22(26)23(21)33-15-17-6-8-20(9-7-17)29(31)32/h1-12H,14-15H2,(H,28,30)/b19-10-. The molecule has 166 valence electrons. The molecule has 0 bridgehead atoms. The molecule has 0 aliphatic carbocycles. The van der Waals surface area contributed by atoms with Crippen molar-refractivity contribution < 1.29 is 14.5 Å². The summed E-state index contributed by atoms with van der Waals surface area (Å²) in [5.74, 6) is 0.143. The highest BCUT2D eigenvalue weighted by molar-refractivity contribution is 14.1. The second kappa shape index (κ2) is 11.6. The quantitative estimate of drug-likeness (QED) is 0.114. The summed E-state index contributed by atoms with van der Waals surface area (Å²) in [6.07, 6.45) is 1.52. The number of halogens is 2. The van der Waals surface area contributed by atoms with Crippen LogP contribution in [0, 0.1) is 25.0 Å². The summed E-state index contributed by atoms with van der Waals surface area (Å²) in [7, 11) is 0. The maximum Gasteiger partial charge on any atom is 0.269 e. The summed E-state index contributed by atoms with van der Waals surface area (Å²) in [5, 5.41) is 23.0. The minimum Gasteiger partial charge on any atom is -0.487 e. The van der Waals surface area contributed by atoms with Crippen molar-refractivity contribution in [1.82, 2.24) is 5.32 Å². The molecule has 0 heterocycles. The number of hydrogen-bond acceptors (Lipinski definition) is 5. The molecule has 0 fully saturated rings. The molecule has 0 unspecified atom stereocenters. The molecular formula is C24H17BrIN3O4. The highest BCUT2D eigenvalue weighted by atomic mass is 127. The Hall–Kier alpha value is -3.23. The number of ether oxygens (including phenoxy) is 1. The van der Waals surface area contributed by atoms with Crippen molar-refractivity contribution in [3.8, 4) is 11.8 Å². The van der Waals surface area contributed by atoms with Crippen molar-refractivity contribution in [3.05, 3.63) is 107 Å². The van der Waals surface area contributed by atoms with Crippen molar-refractivity contribution in [2.75, 3.05) is 0 Å². The van der Waals surface area contributed by atoms with Gasteiger partial charge in [-0.1, -0.05) is 30.3 Å². The normalized spacial score (nSPS) is 10.9. The molecule has 3 rings (SSSR count). The Bertz CT molecular complexity index is 1220. The van der Waals surface area contributed by atoms with Gasteiger partial charge in [0.15, 0.2) is 0 Å². The second-order valence-electron chi connectivity index (χ2n) is 6.86. The molecule has 3 aromatic carbocycles. The second-order valence-corrected chi connectivity index (χ2v) is 8.88. The molecule has 0 saturated carbocycles. The number of hydrogen-bond donors (Lipinski definition) is 1. The van der Waals surface area contributed by atoms with Crippen LogP contribution in [0.5, 0.6) is 5.75 Å². The lowest BCUT2D eigenvalue weighted by molar-refractivity contribution is -0.384. The van der Waals surface area contributed by atoms with Crippen LogP contribution in [0.4, 0.5) is 5.69 Å². The van der Waals surface area contributed by atoms with E-state index in [1.54, 1.807) is 24.3 Å². The van der Waals surface area contributed by atoms with E-state index in [2.05, 4.69) is 43.8 Å². The van der Waals surface area contributed by atoms with Crippen LogP contribution in [-0.4, -0.2) is 10.8 Å². The predicted octanol–water partition coefficient (Wildman–Crippen LogP) is 5.76. The Kier molecular flexibility index (Phi) is 8.57. The highest BCUT2D eigenvalue weighted by Crippen LogP contribution is 2.33. The number of nitro groups is 1. The van der Waals surface area contributed by atoms with Gasteiger partial charge in [0.1, 0.15) is 24.0 Å². The van der Waals surface area contributed by atoms with Crippen LogP contribution in [0.25, 0.3) is 6.08 Å². The number of benzene rings is 3. The first-order valence-electron chi connectivity index (χ1n) is 9.66. The van der Waals surface area contributed by atoms with E-state index >= 15 is 0 Å². The van der Waals surface area contributed by atoms with Gasteiger partial charge in [0, 0.05) is 18.7 Å². The molecule has 0 aliphatic heterocycles. The smallest absolute Gasteiger partial charge is 0.269 e. The zero-order valence-corrected chi connectivity index (χ0v) is 20.9. The Morgan fingerprint density at radius 1 is 1.15 bits per heavy atom. The molecular weight excluding hydrogens is 601 g/mol. The van der Waals surface area contributed by atoms with Gasteiger partial charge in [-0.15, -0.1) is 0 Å². The maximum absolute atomic E-state index is 12.4. The summed E-state index contributed by atoms with van der Waals surface area (Å²) < 4.78 is 7.32. The lowest BCUT2D eigenvalue weighted by atomic mass is 10.1. The zero-order chi connectivity index (χ0) is 23.8. The lowest BCUT2D eigenvalue weighted by Crippen LogP contribution is -2.23. The molecule has 0 aromatic heterocycles. The number of nitriles is 1. The molecule has 0 saturated heterocycles. The minimum atomic E-state index is -0.453. The fraction of sp³-hybridized carbons (Fsp3) is 0.0833. The van der Waals surface area contributed by atoms with Crippen LogP contribution in [0.1, 0.15) is 16.7 Å². The van der Waals surface area contributed by atoms with Crippen LogP contribution in [0.3, 0.4) is 0 Å². The molecule has 9 heteroatoms. The van der Waals surface area contributed by atoms with Gasteiger partial charge in [-0.05, 0) is 85.6 Å². The SMILES string of the molecule is N#C/C(=C/c1cc(Br)c(OCc2ccc([N+](=O)[O-])cc2)c(I)c1)C(=O)NCc1ccccc1. The summed E-state index contributed by atoms with van der Waals surface area (Å²) in [5.41, 5.74) is 2.41. The molecule has 7 nitrogen and oxygen atoms in total. The number of nitrogens with one attached hydrogen (secondary N) is 1. The van der Waals surface area contributed by atoms with E-state index in [-0.39, 0.29) is 17.9 Å². The van der Waals surface area contributed by atoms with E-state index in [0.29, 0.717) is 22.3 Å². The number of nitro benzene ring substituents is 1. The molecule has 1 N–H and O–H groups in total. The molecule has 3 aromatic rings. The zero-order valence-electron chi connectivity index (χ0n) is 17.1. The van der Waals surface area contributed by atoms with E-state index in [4.69, 9.17) is 4.74 Å². The van der Waals surface area contributed by atoms with Crippen LogP contribution in [0.15, 0.2) is 76.8 Å². The van der Waals surface area contributed by atoms with Gasteiger partial charge in [-0.2, -0.15) is 5.26 Å². The van der Waals surface area contributed by atoms with E-state index in [0.717, 1.165) is 14.7 Å². The lowest BCUT2D eigenvalue weighted by Gasteiger charge is -2.12. The van der Waals surface area contributed by atoms with Crippen LogP contribution >= 0.6 is 38.5 Å². The first kappa shape index (κ1) is 24.4. The Labute approximate surface area is 212 Å². The Balaban J connectivity index is 1.69. The fourth-order valence-electron chi connectivity index (χ4n) is 2.86. The van der Waals surface area contributed by atoms with Gasteiger partial charge >= 0.3 is 0 Å². The molecule has 33 heavy (non-hydrogen) atoms. The fourth-order valence-corrected chi connectivity index (χ4v) is 4.63. The summed E-state index contributed by atoms with van der Waals surface area (Å²) in [6.45, 7) is 0.558. The molecule has 0 spiro atoms. The highest BCUT2D eigenvalue weighted by Gasteiger charge is 2.13. The van der Waals surface area contributed by atoms with Gasteiger partial charge < -0.3 is 10.1 Å². The number of carbonyl (C=O) groups is 1. The van der Waals surface area contributed by atoms with Crippen molar-refractivity contribution in [2.24, 2.45) is 0 Å². The Morgan fingerprint density at radius 2 is 1.85 bits per heavy atom. The van der Waals surface area contributed by atoms with Crippen LogP contribution in [-0.2, 0) is 17.9 Å². The van der Waals surface area contributed by atoms with Crippen molar-refractivity contribution >= 4 is 56.2 Å². The Morgan fingerprint density at radius 3 is 2.45 bits per heavy atom. The van der Waals surface area contributed by atoms with E-state index in [9.17, 15) is 20.2 Å². The number of non-ortho nitro benzene ring substituents is 1. The predicted molar refractivity (Wildman–Crippen MR) is 136 cm³/mol. The first-order chi connectivity index (χ1) is 15.9. The molecule has 0 aliphatic rings. The third-order valence-electron chi connectivity index (χ3n) is 4.52. The molecule has 0 radical (unpaired) electrons. The summed E-state index contributed by atoms with van der Waals surface area (Å²) in [4.78, 5) is 22.8. The molecule has 0 atom stereocenters. The monoisotopic (exact) mass is 617 g/mol. The van der Waals surface area contributed by atoms with Crippen molar-refractivity contribution in [2.45, 2.75) is 13.2 Å².